The van der Waals surface area contributed by atoms with E-state index < -0.39 is 22.9 Å². The van der Waals surface area contributed by atoms with Gasteiger partial charge in [-0.05, 0) is 19.9 Å². The van der Waals surface area contributed by atoms with E-state index in [0.717, 1.165) is 28.4 Å². The average Bonchev–Trinajstić information content (AvgIpc) is 3.13. The molecule has 12 heteroatoms. The van der Waals surface area contributed by atoms with Crippen LogP contribution in [0.1, 0.15) is 18.2 Å². The Labute approximate surface area is 153 Å². The van der Waals surface area contributed by atoms with E-state index in [0.29, 0.717) is 5.76 Å². The number of thioether (sulfide) groups is 1. The first-order valence-corrected chi connectivity index (χ1v) is 8.43. The molecule has 1 N–H and O–H groups in total. The SMILES string of the molecule is Cc1cc(NC(=O)C(C)Sc2nnc3c(Cl)cc(C(F)(F)F)cn23)no1. The molecule has 0 spiro atoms. The normalized spacial score (nSPS) is 13.2. The summed E-state index contributed by atoms with van der Waals surface area (Å²) < 4.78 is 44.9. The van der Waals surface area contributed by atoms with Crippen LogP contribution >= 0.6 is 23.4 Å². The van der Waals surface area contributed by atoms with Gasteiger partial charge in [-0.25, -0.2) is 0 Å². The van der Waals surface area contributed by atoms with Crippen molar-refractivity contribution in [1.82, 2.24) is 19.8 Å². The van der Waals surface area contributed by atoms with Crippen molar-refractivity contribution in [2.45, 2.75) is 30.4 Å². The van der Waals surface area contributed by atoms with Crippen molar-refractivity contribution in [3.63, 3.8) is 0 Å². The number of nitrogens with zero attached hydrogens (tertiary/aromatic N) is 4. The Morgan fingerprint density at radius 2 is 2.12 bits per heavy atom. The summed E-state index contributed by atoms with van der Waals surface area (Å²) in [5.74, 6) is 0.352. The molecule has 7 nitrogen and oxygen atoms in total. The minimum absolute atomic E-state index is 0.0712. The Kier molecular flexibility index (Phi) is 4.84. The minimum Gasteiger partial charge on any atom is -0.360 e. The fourth-order valence-corrected chi connectivity index (χ4v) is 3.10. The lowest BCUT2D eigenvalue weighted by atomic mass is 10.3. The molecular weight excluding hydrogens is 395 g/mol. The molecule has 3 heterocycles. The summed E-state index contributed by atoms with van der Waals surface area (Å²) in [5, 5.41) is 13.0. The van der Waals surface area contributed by atoms with Crippen LogP contribution in [0.5, 0.6) is 0 Å². The van der Waals surface area contributed by atoms with Gasteiger partial charge in [0.05, 0.1) is 15.8 Å². The molecular formula is C14H11ClF3N5O2S. The van der Waals surface area contributed by atoms with Gasteiger partial charge in [0, 0.05) is 12.3 Å². The summed E-state index contributed by atoms with van der Waals surface area (Å²) >= 11 is 6.79. The molecule has 1 atom stereocenters. The lowest BCUT2D eigenvalue weighted by Gasteiger charge is -2.11. The molecule has 3 aromatic heterocycles. The first-order chi connectivity index (χ1) is 12.1. The predicted octanol–water partition coefficient (Wildman–Crippen LogP) is 3.82. The van der Waals surface area contributed by atoms with Crippen molar-refractivity contribution in [1.29, 1.82) is 0 Å². The van der Waals surface area contributed by atoms with Gasteiger partial charge in [-0.3, -0.25) is 9.20 Å². The van der Waals surface area contributed by atoms with Crippen LogP contribution in [-0.4, -0.2) is 30.9 Å². The summed E-state index contributed by atoms with van der Waals surface area (Å²) in [6.45, 7) is 3.24. The van der Waals surface area contributed by atoms with Crippen LogP contribution < -0.4 is 5.32 Å². The number of hydrogen-bond acceptors (Lipinski definition) is 6. The maximum atomic E-state index is 13.0. The first kappa shape index (κ1) is 18.5. The van der Waals surface area contributed by atoms with E-state index in [-0.39, 0.29) is 21.6 Å². The van der Waals surface area contributed by atoms with Gasteiger partial charge in [-0.15, -0.1) is 10.2 Å². The zero-order valence-corrected chi connectivity index (χ0v) is 14.9. The average molecular weight is 406 g/mol. The largest absolute Gasteiger partial charge is 0.417 e. The maximum Gasteiger partial charge on any atom is 0.417 e. The molecule has 26 heavy (non-hydrogen) atoms. The van der Waals surface area contributed by atoms with Gasteiger partial charge in [-0.2, -0.15) is 13.2 Å². The fraction of sp³-hybridized carbons (Fsp3) is 0.286. The zero-order chi connectivity index (χ0) is 19.1. The molecule has 0 aliphatic rings. The number of alkyl halides is 3. The molecule has 0 saturated carbocycles. The van der Waals surface area contributed by atoms with Gasteiger partial charge in [0.1, 0.15) is 5.76 Å². The summed E-state index contributed by atoms with van der Waals surface area (Å²) in [5.41, 5.74) is -0.867. The first-order valence-electron chi connectivity index (χ1n) is 7.17. The predicted molar refractivity (Wildman–Crippen MR) is 88.2 cm³/mol. The summed E-state index contributed by atoms with van der Waals surface area (Å²) in [4.78, 5) is 12.2. The number of pyridine rings is 1. The number of aromatic nitrogens is 4. The smallest absolute Gasteiger partial charge is 0.360 e. The van der Waals surface area contributed by atoms with Gasteiger partial charge in [0.2, 0.25) is 5.91 Å². The van der Waals surface area contributed by atoms with Crippen LogP contribution in [0.2, 0.25) is 5.02 Å². The van der Waals surface area contributed by atoms with E-state index >= 15 is 0 Å². The number of nitrogens with one attached hydrogen (secondary N) is 1. The highest BCUT2D eigenvalue weighted by molar-refractivity contribution is 8.00. The molecule has 1 unspecified atom stereocenters. The Morgan fingerprint density at radius 3 is 2.73 bits per heavy atom. The van der Waals surface area contributed by atoms with Crippen molar-refractivity contribution in [3.05, 3.63) is 34.7 Å². The molecule has 1 amide bonds. The van der Waals surface area contributed by atoms with Gasteiger partial charge < -0.3 is 9.84 Å². The van der Waals surface area contributed by atoms with E-state index in [1.165, 1.54) is 6.07 Å². The Hall–Kier alpha value is -2.27. The molecule has 3 aromatic rings. The lowest BCUT2D eigenvalue weighted by Crippen LogP contribution is -2.22. The molecule has 3 rings (SSSR count). The van der Waals surface area contributed by atoms with Crippen LogP contribution in [-0.2, 0) is 11.0 Å². The third-order valence-corrected chi connectivity index (χ3v) is 4.62. The Morgan fingerprint density at radius 1 is 1.38 bits per heavy atom. The monoisotopic (exact) mass is 405 g/mol. The van der Waals surface area contributed by atoms with E-state index in [1.807, 2.05) is 0 Å². The van der Waals surface area contributed by atoms with E-state index in [9.17, 15) is 18.0 Å². The number of aryl methyl sites for hydroxylation is 1. The van der Waals surface area contributed by atoms with Crippen LogP contribution in [0.3, 0.4) is 0 Å². The van der Waals surface area contributed by atoms with Crippen LogP contribution in [0, 0.1) is 6.92 Å². The molecule has 0 fully saturated rings. The molecule has 0 saturated heterocycles. The highest BCUT2D eigenvalue weighted by Crippen LogP contribution is 2.33. The number of amides is 1. The standard InChI is InChI=1S/C14H11ClF3N5O2S/c1-6-3-10(22-25-6)19-12(24)7(2)26-13-21-20-11-9(15)4-8(5-23(11)13)14(16,17)18/h3-5,7H,1-2H3,(H,19,22,24). The summed E-state index contributed by atoms with van der Waals surface area (Å²) in [6, 6.07) is 2.32. The summed E-state index contributed by atoms with van der Waals surface area (Å²) in [7, 11) is 0. The maximum absolute atomic E-state index is 13.0. The zero-order valence-electron chi connectivity index (χ0n) is 13.3. The second-order valence-corrected chi connectivity index (χ2v) is 7.04. The van der Waals surface area contributed by atoms with Crippen molar-refractivity contribution < 1.29 is 22.5 Å². The van der Waals surface area contributed by atoms with Crippen molar-refractivity contribution in [2.24, 2.45) is 0 Å². The second-order valence-electron chi connectivity index (χ2n) is 5.32. The molecule has 0 radical (unpaired) electrons. The van der Waals surface area contributed by atoms with E-state index in [1.54, 1.807) is 13.8 Å². The van der Waals surface area contributed by atoms with Crippen molar-refractivity contribution >= 4 is 40.7 Å². The minimum atomic E-state index is -4.57. The highest BCUT2D eigenvalue weighted by Gasteiger charge is 2.32. The summed E-state index contributed by atoms with van der Waals surface area (Å²) in [6.07, 6.45) is -3.73. The number of fused-ring (bicyclic) bond motifs is 1. The Balaban J connectivity index is 1.83. The van der Waals surface area contributed by atoms with Crippen LogP contribution in [0.4, 0.5) is 19.0 Å². The molecule has 138 valence electrons. The lowest BCUT2D eigenvalue weighted by molar-refractivity contribution is -0.137. The third-order valence-electron chi connectivity index (χ3n) is 3.29. The number of rotatable bonds is 4. The number of hydrogen-bond donors (Lipinski definition) is 1. The van der Waals surface area contributed by atoms with Gasteiger partial charge in [0.25, 0.3) is 0 Å². The molecule has 0 aliphatic carbocycles. The quantitative estimate of drug-likeness (QED) is 0.664. The van der Waals surface area contributed by atoms with Gasteiger partial charge >= 0.3 is 6.18 Å². The second kappa shape index (κ2) is 6.80. The van der Waals surface area contributed by atoms with Crippen molar-refractivity contribution in [2.75, 3.05) is 5.32 Å². The van der Waals surface area contributed by atoms with Gasteiger partial charge in [0.15, 0.2) is 16.6 Å². The molecule has 0 bridgehead atoms. The molecule has 0 aromatic carbocycles. The number of halogens is 4. The van der Waals surface area contributed by atoms with E-state index in [2.05, 4.69) is 20.7 Å². The highest BCUT2D eigenvalue weighted by atomic mass is 35.5. The van der Waals surface area contributed by atoms with Crippen LogP contribution in [0.15, 0.2) is 28.0 Å². The number of anilines is 1. The topological polar surface area (TPSA) is 85.3 Å². The van der Waals surface area contributed by atoms with E-state index in [4.69, 9.17) is 16.1 Å². The number of carbonyl (C=O) groups excluding carboxylic acids is 1. The molecule has 0 aliphatic heterocycles. The number of carbonyl (C=O) groups is 1. The van der Waals surface area contributed by atoms with Crippen molar-refractivity contribution in [3.8, 4) is 0 Å². The Bertz CT molecular complexity index is 971. The van der Waals surface area contributed by atoms with Crippen LogP contribution in [0.25, 0.3) is 5.65 Å². The van der Waals surface area contributed by atoms with Gasteiger partial charge in [-0.1, -0.05) is 28.5 Å². The third kappa shape index (κ3) is 3.78. The fourth-order valence-electron chi connectivity index (χ4n) is 2.03.